The molecule has 1 saturated heterocycles. The topological polar surface area (TPSA) is 75.7 Å². The summed E-state index contributed by atoms with van der Waals surface area (Å²) >= 11 is 3.28. The molecule has 2 aliphatic rings. The van der Waals surface area contributed by atoms with Crippen molar-refractivity contribution in [3.63, 3.8) is 0 Å². The molecule has 0 aromatic heterocycles. The molecule has 1 amide bonds. The summed E-state index contributed by atoms with van der Waals surface area (Å²) in [6.45, 7) is 1.21. The Morgan fingerprint density at radius 1 is 1.22 bits per heavy atom. The summed E-state index contributed by atoms with van der Waals surface area (Å²) in [6, 6.07) is 12.0. The van der Waals surface area contributed by atoms with E-state index >= 15 is 0 Å². The normalized spacial score (nSPS) is 19.1. The van der Waals surface area contributed by atoms with Crippen molar-refractivity contribution in [3.05, 3.63) is 52.5 Å². The molecular weight excluding hydrogens is 432 g/mol. The summed E-state index contributed by atoms with van der Waals surface area (Å²) in [7, 11) is -3.74. The predicted molar refractivity (Wildman–Crippen MR) is 106 cm³/mol. The number of nitrogens with one attached hydrogen (secondary N) is 1. The van der Waals surface area contributed by atoms with Gasteiger partial charge in [0.05, 0.1) is 5.69 Å². The number of halogens is 1. The van der Waals surface area contributed by atoms with Crippen LogP contribution in [0.1, 0.15) is 18.4 Å². The number of carbonyl (C=O) groups excluding carboxylic acids is 1. The Labute approximate surface area is 166 Å². The van der Waals surface area contributed by atoms with Crippen LogP contribution in [0.3, 0.4) is 0 Å². The van der Waals surface area contributed by atoms with Gasteiger partial charge in [-0.1, -0.05) is 18.2 Å². The van der Waals surface area contributed by atoms with Crippen molar-refractivity contribution in [1.82, 2.24) is 0 Å². The second-order valence-electron chi connectivity index (χ2n) is 6.62. The largest absolute Gasteiger partial charge is 0.368 e. The Kier molecular flexibility index (Phi) is 4.96. The Balaban J connectivity index is 1.60. The third kappa shape index (κ3) is 3.61. The van der Waals surface area contributed by atoms with Crippen molar-refractivity contribution in [2.45, 2.75) is 30.3 Å². The van der Waals surface area contributed by atoms with E-state index in [1.54, 1.807) is 35.2 Å². The van der Waals surface area contributed by atoms with Gasteiger partial charge in [-0.2, -0.15) is 0 Å². The van der Waals surface area contributed by atoms with Crippen LogP contribution in [-0.2, 0) is 26.0 Å². The number of fused-ring (bicyclic) bond motifs is 1. The van der Waals surface area contributed by atoms with E-state index in [0.29, 0.717) is 23.3 Å². The Morgan fingerprint density at radius 3 is 2.78 bits per heavy atom. The Bertz CT molecular complexity index is 987. The van der Waals surface area contributed by atoms with Crippen LogP contribution in [0, 0.1) is 0 Å². The lowest BCUT2D eigenvalue weighted by atomic mass is 10.1. The van der Waals surface area contributed by atoms with Gasteiger partial charge < -0.3 is 9.64 Å². The average Bonchev–Trinajstić information content (AvgIpc) is 3.31. The van der Waals surface area contributed by atoms with Crippen LogP contribution in [0.2, 0.25) is 0 Å². The number of amides is 1. The molecule has 27 heavy (non-hydrogen) atoms. The minimum atomic E-state index is -3.74. The number of hydrogen-bond acceptors (Lipinski definition) is 4. The first-order chi connectivity index (χ1) is 13.0. The van der Waals surface area contributed by atoms with Crippen molar-refractivity contribution >= 4 is 43.2 Å². The van der Waals surface area contributed by atoms with Crippen molar-refractivity contribution < 1.29 is 17.9 Å². The van der Waals surface area contributed by atoms with Crippen LogP contribution in [0.15, 0.2) is 51.8 Å². The van der Waals surface area contributed by atoms with E-state index < -0.39 is 16.1 Å². The lowest BCUT2D eigenvalue weighted by Crippen LogP contribution is -2.37. The molecule has 1 fully saturated rings. The fourth-order valence-corrected chi connectivity index (χ4v) is 5.54. The number of rotatable bonds is 4. The molecule has 0 saturated carbocycles. The van der Waals surface area contributed by atoms with Crippen LogP contribution in [0.25, 0.3) is 0 Å². The van der Waals surface area contributed by atoms with E-state index in [2.05, 4.69) is 20.7 Å². The lowest BCUT2D eigenvalue weighted by Gasteiger charge is -2.21. The van der Waals surface area contributed by atoms with Crippen molar-refractivity contribution in [2.75, 3.05) is 22.8 Å². The minimum Gasteiger partial charge on any atom is -0.368 e. The molecule has 0 bridgehead atoms. The van der Waals surface area contributed by atoms with Crippen molar-refractivity contribution in [3.8, 4) is 0 Å². The average molecular weight is 451 g/mol. The molecule has 2 aromatic carbocycles. The number of ether oxygens (including phenoxy) is 1. The first kappa shape index (κ1) is 18.5. The van der Waals surface area contributed by atoms with Gasteiger partial charge >= 0.3 is 0 Å². The lowest BCUT2D eigenvalue weighted by molar-refractivity contribution is -0.127. The molecule has 8 heteroatoms. The monoisotopic (exact) mass is 450 g/mol. The molecular formula is C19H19BrN2O4S. The zero-order chi connectivity index (χ0) is 19.0. The predicted octanol–water partition coefficient (Wildman–Crippen LogP) is 3.32. The van der Waals surface area contributed by atoms with Crippen molar-refractivity contribution in [1.29, 1.82) is 0 Å². The molecule has 4 rings (SSSR count). The smallest absolute Gasteiger partial charge is 0.263 e. The van der Waals surface area contributed by atoms with Gasteiger partial charge in [-0.25, -0.2) is 8.42 Å². The molecule has 2 aromatic rings. The van der Waals surface area contributed by atoms with Crippen LogP contribution in [0.4, 0.5) is 11.4 Å². The van der Waals surface area contributed by atoms with E-state index in [4.69, 9.17) is 4.74 Å². The van der Waals surface area contributed by atoms with Gasteiger partial charge in [0.1, 0.15) is 11.0 Å². The van der Waals surface area contributed by atoms with Gasteiger partial charge in [0.15, 0.2) is 0 Å². The molecule has 1 unspecified atom stereocenters. The number of benzene rings is 2. The van der Waals surface area contributed by atoms with E-state index in [-0.39, 0.29) is 10.8 Å². The quantitative estimate of drug-likeness (QED) is 0.774. The Morgan fingerprint density at radius 2 is 2.04 bits per heavy atom. The maximum atomic E-state index is 12.7. The highest BCUT2D eigenvalue weighted by molar-refractivity contribution is 9.10. The molecule has 6 nitrogen and oxygen atoms in total. The number of carbonyl (C=O) groups is 1. The number of nitrogens with zero attached hydrogens (tertiary/aromatic N) is 1. The van der Waals surface area contributed by atoms with Gasteiger partial charge in [-0.3, -0.25) is 9.52 Å². The highest BCUT2D eigenvalue weighted by Crippen LogP contribution is 2.33. The van der Waals surface area contributed by atoms with E-state index in [0.717, 1.165) is 30.5 Å². The van der Waals surface area contributed by atoms with E-state index in [1.165, 1.54) is 6.07 Å². The standard InChI is InChI=1S/C19H19BrN2O4S/c20-15-4-1-2-6-18(15)27(24,25)21-14-8-7-13-9-10-22(16(13)12-14)19(23)17-5-3-11-26-17/h1-2,4,6-8,12,17,21H,3,5,9-11H2. The molecule has 2 aliphatic heterocycles. The molecule has 0 spiro atoms. The number of hydrogen-bond donors (Lipinski definition) is 1. The Hall–Kier alpha value is -1.90. The summed E-state index contributed by atoms with van der Waals surface area (Å²) in [5, 5.41) is 0. The maximum absolute atomic E-state index is 12.7. The second-order valence-corrected chi connectivity index (χ2v) is 9.13. The zero-order valence-electron chi connectivity index (χ0n) is 14.5. The van der Waals surface area contributed by atoms with Crippen molar-refractivity contribution in [2.24, 2.45) is 0 Å². The molecule has 2 heterocycles. The number of anilines is 2. The number of sulfonamides is 1. The van der Waals surface area contributed by atoms with Crippen LogP contribution in [-0.4, -0.2) is 33.6 Å². The van der Waals surface area contributed by atoms with Crippen LogP contribution >= 0.6 is 15.9 Å². The first-order valence-corrected chi connectivity index (χ1v) is 11.1. The molecule has 0 aliphatic carbocycles. The summed E-state index contributed by atoms with van der Waals surface area (Å²) in [5.41, 5.74) is 2.21. The molecule has 0 radical (unpaired) electrons. The van der Waals surface area contributed by atoms with Gasteiger partial charge in [-0.05, 0) is 65.0 Å². The fourth-order valence-electron chi connectivity index (χ4n) is 3.49. The fraction of sp³-hybridized carbons (Fsp3) is 0.316. The van der Waals surface area contributed by atoms with E-state index in [9.17, 15) is 13.2 Å². The van der Waals surface area contributed by atoms with E-state index in [1.807, 2.05) is 6.07 Å². The highest BCUT2D eigenvalue weighted by atomic mass is 79.9. The third-order valence-corrected chi connectivity index (χ3v) is 7.22. The third-order valence-electron chi connectivity index (χ3n) is 4.83. The summed E-state index contributed by atoms with van der Waals surface area (Å²) in [4.78, 5) is 14.6. The second kappa shape index (κ2) is 7.26. The maximum Gasteiger partial charge on any atom is 0.263 e. The molecule has 142 valence electrons. The van der Waals surface area contributed by atoms with Crippen LogP contribution < -0.4 is 9.62 Å². The highest BCUT2D eigenvalue weighted by Gasteiger charge is 2.33. The zero-order valence-corrected chi connectivity index (χ0v) is 16.9. The SMILES string of the molecule is O=C(C1CCCO1)N1CCc2ccc(NS(=O)(=O)c3ccccc3Br)cc21. The molecule has 1 N–H and O–H groups in total. The minimum absolute atomic E-state index is 0.0444. The van der Waals surface area contributed by atoms with Gasteiger partial charge in [0.2, 0.25) is 0 Å². The van der Waals surface area contributed by atoms with Gasteiger partial charge in [-0.15, -0.1) is 0 Å². The van der Waals surface area contributed by atoms with Gasteiger partial charge in [0, 0.05) is 23.3 Å². The summed E-state index contributed by atoms with van der Waals surface area (Å²) in [5.74, 6) is -0.0444. The van der Waals surface area contributed by atoms with Gasteiger partial charge in [0.25, 0.3) is 15.9 Å². The van der Waals surface area contributed by atoms with Crippen LogP contribution in [0.5, 0.6) is 0 Å². The summed E-state index contributed by atoms with van der Waals surface area (Å²) < 4.78 is 34.0. The molecule has 1 atom stereocenters. The summed E-state index contributed by atoms with van der Waals surface area (Å²) in [6.07, 6.45) is 1.99. The first-order valence-electron chi connectivity index (χ1n) is 8.79.